The maximum absolute atomic E-state index is 4.98. The Kier molecular flexibility index (Phi) is 7.54. The van der Waals surface area contributed by atoms with E-state index in [1.165, 1.54) is 22.2 Å². The molecule has 1 fully saturated rings. The molecule has 2 aliphatic heterocycles. The van der Waals surface area contributed by atoms with E-state index in [9.17, 15) is 0 Å². The minimum absolute atomic E-state index is 0.122. The van der Waals surface area contributed by atoms with E-state index in [-0.39, 0.29) is 11.5 Å². The zero-order valence-electron chi connectivity index (χ0n) is 26.4. The fourth-order valence-corrected chi connectivity index (χ4v) is 7.27. The molecule has 1 saturated heterocycles. The van der Waals surface area contributed by atoms with Crippen LogP contribution < -0.4 is 10.2 Å². The summed E-state index contributed by atoms with van der Waals surface area (Å²) in [4.78, 5) is 12.0. The number of fused-ring (bicyclic) bond motifs is 5. The van der Waals surface area contributed by atoms with Gasteiger partial charge in [0.15, 0.2) is 0 Å². The molecule has 8 rings (SSSR count). The largest absolute Gasteiger partial charge is 0.346 e. The van der Waals surface area contributed by atoms with Gasteiger partial charge in [0.05, 0.1) is 35.5 Å². The van der Waals surface area contributed by atoms with Crippen LogP contribution in [0.15, 0.2) is 90.5 Å². The predicted molar refractivity (Wildman–Crippen MR) is 187 cm³/mol. The van der Waals surface area contributed by atoms with Crippen molar-refractivity contribution in [3.05, 3.63) is 91.2 Å². The molecule has 9 heteroatoms. The van der Waals surface area contributed by atoms with E-state index in [4.69, 9.17) is 4.98 Å². The lowest BCUT2D eigenvalue weighted by Crippen LogP contribution is -2.30. The first kappa shape index (κ1) is 29.4. The number of H-pyrrole nitrogens is 1. The van der Waals surface area contributed by atoms with Gasteiger partial charge in [-0.2, -0.15) is 10.2 Å². The van der Waals surface area contributed by atoms with E-state index in [0.29, 0.717) is 0 Å². The van der Waals surface area contributed by atoms with Gasteiger partial charge in [0.2, 0.25) is 0 Å². The number of aromatic nitrogens is 6. The summed E-state index contributed by atoms with van der Waals surface area (Å²) in [5.41, 5.74) is 10.1. The number of hydrogen-bond acceptors (Lipinski definition) is 6. The van der Waals surface area contributed by atoms with Gasteiger partial charge in [-0.3, -0.25) is 9.36 Å². The SMILES string of the molecule is C=C1N(C)c2cnc3[nH]c(-c4cnn(C(C)C)c4)c(-c4ccc5c(cnn5C)c4)c3c2C12CCCNCC2.Sc1ccccc1. The number of thiol groups is 1. The van der Waals surface area contributed by atoms with Crippen LogP contribution in [0.2, 0.25) is 0 Å². The van der Waals surface area contributed by atoms with Crippen molar-refractivity contribution in [2.45, 2.75) is 49.5 Å². The topological polar surface area (TPSA) is 79.6 Å². The molecule has 0 radical (unpaired) electrons. The Morgan fingerprint density at radius 2 is 1.78 bits per heavy atom. The van der Waals surface area contributed by atoms with Gasteiger partial charge in [-0.1, -0.05) is 30.8 Å². The van der Waals surface area contributed by atoms with Gasteiger partial charge >= 0.3 is 0 Å². The highest BCUT2D eigenvalue weighted by Gasteiger charge is 2.47. The Morgan fingerprint density at radius 3 is 2.51 bits per heavy atom. The highest BCUT2D eigenvalue weighted by atomic mass is 32.1. The molecular formula is C36H40N8S. The third kappa shape index (κ3) is 4.94. The lowest BCUT2D eigenvalue weighted by Gasteiger charge is -2.31. The monoisotopic (exact) mass is 616 g/mol. The average Bonchev–Trinajstić information content (AvgIpc) is 3.77. The van der Waals surface area contributed by atoms with Gasteiger partial charge in [0.1, 0.15) is 5.65 Å². The van der Waals surface area contributed by atoms with Crippen LogP contribution in [-0.2, 0) is 12.5 Å². The number of anilines is 1. The molecule has 1 unspecified atom stereocenters. The molecule has 1 atom stereocenters. The molecule has 0 aliphatic carbocycles. The van der Waals surface area contributed by atoms with Crippen molar-refractivity contribution >= 4 is 40.3 Å². The average molecular weight is 617 g/mol. The van der Waals surface area contributed by atoms with Gasteiger partial charge < -0.3 is 15.2 Å². The Balaban J connectivity index is 0.000000412. The van der Waals surface area contributed by atoms with Crippen LogP contribution in [0.5, 0.6) is 0 Å². The second-order valence-corrected chi connectivity index (χ2v) is 13.0. The predicted octanol–water partition coefficient (Wildman–Crippen LogP) is 7.51. The third-order valence-electron chi connectivity index (χ3n) is 9.50. The van der Waals surface area contributed by atoms with Crippen molar-refractivity contribution in [2.24, 2.45) is 7.05 Å². The van der Waals surface area contributed by atoms with Crippen molar-refractivity contribution in [1.82, 2.24) is 34.8 Å². The van der Waals surface area contributed by atoms with Crippen molar-refractivity contribution in [2.75, 3.05) is 25.0 Å². The lowest BCUT2D eigenvalue weighted by atomic mass is 9.72. The number of aromatic amines is 1. The summed E-state index contributed by atoms with van der Waals surface area (Å²) in [6, 6.07) is 16.7. The number of pyridine rings is 1. The van der Waals surface area contributed by atoms with Crippen molar-refractivity contribution in [3.8, 4) is 22.4 Å². The number of hydrogen-bond donors (Lipinski definition) is 3. The molecule has 6 heterocycles. The van der Waals surface area contributed by atoms with E-state index in [0.717, 1.165) is 76.3 Å². The number of rotatable bonds is 3. The molecule has 8 nitrogen and oxygen atoms in total. The second kappa shape index (κ2) is 11.5. The Labute approximate surface area is 269 Å². The zero-order chi connectivity index (χ0) is 31.3. The van der Waals surface area contributed by atoms with Crippen LogP contribution in [0.1, 0.15) is 44.7 Å². The number of allylic oxidation sites excluding steroid dienone is 1. The first-order valence-corrected chi connectivity index (χ1v) is 16.1. The Bertz CT molecular complexity index is 2010. The quantitative estimate of drug-likeness (QED) is 0.179. The molecule has 0 bridgehead atoms. The van der Waals surface area contributed by atoms with Gasteiger partial charge in [0, 0.05) is 69.8 Å². The fraction of sp³-hybridized carbons (Fsp3) is 0.306. The van der Waals surface area contributed by atoms with E-state index >= 15 is 0 Å². The molecular weight excluding hydrogens is 577 g/mol. The number of nitrogens with one attached hydrogen (secondary N) is 2. The highest BCUT2D eigenvalue weighted by Crippen LogP contribution is 2.56. The van der Waals surface area contributed by atoms with Crippen LogP contribution in [0.25, 0.3) is 44.3 Å². The summed E-state index contributed by atoms with van der Waals surface area (Å²) >= 11 is 4.08. The van der Waals surface area contributed by atoms with E-state index in [1.54, 1.807) is 0 Å². The molecule has 2 aliphatic rings. The normalized spacial score (nSPS) is 18.1. The third-order valence-corrected chi connectivity index (χ3v) is 9.79. The van der Waals surface area contributed by atoms with E-state index in [2.05, 4.69) is 89.9 Å². The van der Waals surface area contributed by atoms with Crippen LogP contribution >= 0.6 is 12.6 Å². The van der Waals surface area contributed by atoms with Crippen molar-refractivity contribution in [1.29, 1.82) is 0 Å². The summed E-state index contributed by atoms with van der Waals surface area (Å²) in [6.45, 7) is 11.0. The molecule has 6 aromatic rings. The Hall–Kier alpha value is -4.34. The van der Waals surface area contributed by atoms with Gasteiger partial charge in [-0.15, -0.1) is 12.6 Å². The molecule has 0 amide bonds. The van der Waals surface area contributed by atoms with E-state index < -0.39 is 0 Å². The first-order chi connectivity index (χ1) is 21.8. The van der Waals surface area contributed by atoms with Gasteiger partial charge in [-0.25, -0.2) is 4.98 Å². The fourth-order valence-electron chi connectivity index (χ4n) is 7.10. The smallest absolute Gasteiger partial charge is 0.138 e. The standard InChI is InChI=1S/C30H34N8.C6H6S/c1-18(2)38-17-22(15-34-38)28-25(20-7-8-23-21(13-20)14-33-37(23)5)26-27-24(16-32-29(26)35-28)36(4)19(3)30(27)9-6-11-31-12-10-30;7-6-4-2-1-3-5-6/h7-8,13-18,31H,3,6,9-12H2,1-2,4-5H3,(H,32,35);1-5,7H. The zero-order valence-corrected chi connectivity index (χ0v) is 27.3. The van der Waals surface area contributed by atoms with Crippen molar-refractivity contribution in [3.63, 3.8) is 0 Å². The van der Waals surface area contributed by atoms with Gasteiger partial charge in [0.25, 0.3) is 0 Å². The molecule has 4 aromatic heterocycles. The molecule has 0 saturated carbocycles. The molecule has 45 heavy (non-hydrogen) atoms. The summed E-state index contributed by atoms with van der Waals surface area (Å²) in [5, 5.41) is 15.1. The Morgan fingerprint density at radius 1 is 0.956 bits per heavy atom. The summed E-state index contributed by atoms with van der Waals surface area (Å²) < 4.78 is 3.94. The van der Waals surface area contributed by atoms with Crippen LogP contribution in [0, 0.1) is 0 Å². The minimum atomic E-state index is -0.122. The number of nitrogens with zero attached hydrogens (tertiary/aromatic N) is 6. The number of benzene rings is 2. The van der Waals surface area contributed by atoms with Crippen LogP contribution in [-0.4, -0.2) is 49.7 Å². The number of aryl methyl sites for hydroxylation is 1. The summed E-state index contributed by atoms with van der Waals surface area (Å²) in [7, 11) is 4.13. The van der Waals surface area contributed by atoms with Crippen LogP contribution in [0.4, 0.5) is 5.69 Å². The lowest BCUT2D eigenvalue weighted by molar-refractivity contribution is 0.463. The number of likely N-dealkylation sites (N-methyl/N-ethyl adjacent to an activating group) is 1. The van der Waals surface area contributed by atoms with Gasteiger partial charge in [-0.05, 0) is 76.0 Å². The first-order valence-electron chi connectivity index (χ1n) is 15.7. The molecule has 230 valence electrons. The summed E-state index contributed by atoms with van der Waals surface area (Å²) in [5.74, 6) is 0. The highest BCUT2D eigenvalue weighted by molar-refractivity contribution is 7.80. The van der Waals surface area contributed by atoms with Crippen molar-refractivity contribution < 1.29 is 0 Å². The minimum Gasteiger partial charge on any atom is -0.346 e. The van der Waals surface area contributed by atoms with Crippen LogP contribution in [0.3, 0.4) is 0 Å². The maximum Gasteiger partial charge on any atom is 0.138 e. The molecule has 2 aromatic carbocycles. The summed E-state index contributed by atoms with van der Waals surface area (Å²) in [6.07, 6.45) is 11.3. The van der Waals surface area contributed by atoms with E-state index in [1.807, 2.05) is 65.3 Å². The maximum atomic E-state index is 4.98. The molecule has 2 N–H and O–H groups in total. The molecule has 1 spiro atoms. The second-order valence-electron chi connectivity index (χ2n) is 12.5.